The summed E-state index contributed by atoms with van der Waals surface area (Å²) in [5, 5.41) is 9.74. The van der Waals surface area contributed by atoms with Crippen LogP contribution < -0.4 is 10.5 Å². The molecule has 3 unspecified atom stereocenters. The molecule has 0 aromatic heterocycles. The molecule has 2 amide bonds. The highest BCUT2D eigenvalue weighted by molar-refractivity contribution is 5.99. The number of amides is 2. The lowest BCUT2D eigenvalue weighted by atomic mass is 9.85. The zero-order chi connectivity index (χ0) is 25.9. The first-order chi connectivity index (χ1) is 17.9. The number of fused-ring (bicyclic) bond motifs is 1. The van der Waals surface area contributed by atoms with Gasteiger partial charge in [-0.2, -0.15) is 0 Å². The second-order valence-corrected chi connectivity index (χ2v) is 9.39. The van der Waals surface area contributed by atoms with E-state index in [1.54, 1.807) is 59.5 Å². The van der Waals surface area contributed by atoms with Crippen LogP contribution in [0.25, 0.3) is 0 Å². The van der Waals surface area contributed by atoms with Crippen molar-refractivity contribution in [2.24, 2.45) is 5.73 Å². The summed E-state index contributed by atoms with van der Waals surface area (Å²) in [4.78, 5) is 40.9. The number of piperidine rings is 1. The highest BCUT2D eigenvalue weighted by atomic mass is 16.5. The third-order valence-electron chi connectivity index (χ3n) is 6.95. The third-order valence-corrected chi connectivity index (χ3v) is 6.95. The second-order valence-electron chi connectivity index (χ2n) is 9.39. The van der Waals surface area contributed by atoms with Crippen molar-refractivity contribution < 1.29 is 29.0 Å². The maximum atomic E-state index is 14.2. The number of ether oxygens (including phenoxy) is 2. The van der Waals surface area contributed by atoms with E-state index >= 15 is 0 Å². The summed E-state index contributed by atoms with van der Waals surface area (Å²) < 4.78 is 11.6. The standard InChI is InChI=1S/C29H28N2O6/c30-28(34)22-13-12-21(37-20-5-2-1-3-6-20)16-23(22)24(15-18-8-10-19(32)11-9-18)29(35)31-14-4-7-26-27(31)25(33)17-36-26/h1-3,5-6,8-13,16,24,26-27,32H,4,7,14-15,17H2,(H2,30,34). The Morgan fingerprint density at radius 2 is 1.81 bits per heavy atom. The Bertz CT molecular complexity index is 1310. The molecule has 3 N–H and O–H groups in total. The zero-order valence-electron chi connectivity index (χ0n) is 20.2. The van der Waals surface area contributed by atoms with E-state index in [1.807, 2.05) is 18.2 Å². The molecule has 0 radical (unpaired) electrons. The molecule has 37 heavy (non-hydrogen) atoms. The molecular formula is C29H28N2O6. The predicted molar refractivity (Wildman–Crippen MR) is 136 cm³/mol. The summed E-state index contributed by atoms with van der Waals surface area (Å²) in [6.07, 6.45) is 1.35. The van der Waals surface area contributed by atoms with Crippen LogP contribution in [0.5, 0.6) is 17.2 Å². The van der Waals surface area contributed by atoms with Gasteiger partial charge in [0.25, 0.3) is 0 Å². The van der Waals surface area contributed by atoms with Crippen molar-refractivity contribution in [2.45, 2.75) is 37.3 Å². The van der Waals surface area contributed by atoms with E-state index in [0.717, 1.165) is 12.0 Å². The normalized spacial score (nSPS) is 19.8. The van der Waals surface area contributed by atoms with Crippen molar-refractivity contribution in [3.05, 3.63) is 89.5 Å². The summed E-state index contributed by atoms with van der Waals surface area (Å²) in [7, 11) is 0. The molecule has 3 atom stereocenters. The molecule has 2 heterocycles. The number of aromatic hydroxyl groups is 1. The smallest absolute Gasteiger partial charge is 0.249 e. The van der Waals surface area contributed by atoms with Crippen LogP contribution in [0.3, 0.4) is 0 Å². The molecule has 0 spiro atoms. The van der Waals surface area contributed by atoms with Crippen molar-refractivity contribution in [3.63, 3.8) is 0 Å². The lowest BCUT2D eigenvalue weighted by molar-refractivity contribution is -0.142. The van der Waals surface area contributed by atoms with Crippen LogP contribution in [-0.2, 0) is 20.7 Å². The molecule has 190 valence electrons. The number of nitrogens with two attached hydrogens (primary N) is 1. The molecule has 2 aliphatic heterocycles. The first-order valence-corrected chi connectivity index (χ1v) is 12.3. The number of hydrogen-bond donors (Lipinski definition) is 2. The molecule has 5 rings (SSSR count). The van der Waals surface area contributed by atoms with Crippen molar-refractivity contribution in [3.8, 4) is 17.2 Å². The number of phenolic OH excluding ortho intramolecular Hbond substituents is 1. The number of primary amides is 1. The van der Waals surface area contributed by atoms with E-state index in [2.05, 4.69) is 0 Å². The first kappa shape index (κ1) is 24.5. The number of rotatable bonds is 7. The zero-order valence-corrected chi connectivity index (χ0v) is 20.2. The largest absolute Gasteiger partial charge is 0.508 e. The van der Waals surface area contributed by atoms with Gasteiger partial charge < -0.3 is 25.2 Å². The summed E-state index contributed by atoms with van der Waals surface area (Å²) >= 11 is 0. The van der Waals surface area contributed by atoms with Crippen molar-refractivity contribution in [2.75, 3.05) is 13.2 Å². The van der Waals surface area contributed by atoms with Gasteiger partial charge in [-0.05, 0) is 72.9 Å². The number of likely N-dealkylation sites (tertiary alicyclic amines) is 1. The molecule has 2 aliphatic rings. The topological polar surface area (TPSA) is 119 Å². The molecule has 8 nitrogen and oxygen atoms in total. The van der Waals surface area contributed by atoms with Crippen LogP contribution in [0.1, 0.15) is 40.2 Å². The molecule has 2 fully saturated rings. The second kappa shape index (κ2) is 10.4. The maximum Gasteiger partial charge on any atom is 0.249 e. The summed E-state index contributed by atoms with van der Waals surface area (Å²) in [6, 6.07) is 20.0. The number of carbonyl (C=O) groups is 3. The predicted octanol–water partition coefficient (Wildman–Crippen LogP) is 3.57. The van der Waals surface area contributed by atoms with Crippen LogP contribution in [-0.4, -0.2) is 52.9 Å². The fraction of sp³-hybridized carbons (Fsp3) is 0.276. The average Bonchev–Trinajstić information content (AvgIpc) is 3.29. The Morgan fingerprint density at radius 1 is 1.05 bits per heavy atom. The minimum absolute atomic E-state index is 0.00528. The van der Waals surface area contributed by atoms with Gasteiger partial charge in [0, 0.05) is 12.1 Å². The van der Waals surface area contributed by atoms with Gasteiger partial charge >= 0.3 is 0 Å². The van der Waals surface area contributed by atoms with Gasteiger partial charge in [0.1, 0.15) is 29.9 Å². The fourth-order valence-electron chi connectivity index (χ4n) is 5.18. The quantitative estimate of drug-likeness (QED) is 0.512. The van der Waals surface area contributed by atoms with E-state index in [-0.39, 0.29) is 42.1 Å². The van der Waals surface area contributed by atoms with E-state index in [4.69, 9.17) is 15.2 Å². The van der Waals surface area contributed by atoms with Gasteiger partial charge in [-0.25, -0.2) is 0 Å². The maximum absolute atomic E-state index is 14.2. The van der Waals surface area contributed by atoms with E-state index in [9.17, 15) is 19.5 Å². The highest BCUT2D eigenvalue weighted by Crippen LogP contribution is 2.35. The number of nitrogens with zero attached hydrogens (tertiary/aromatic N) is 1. The van der Waals surface area contributed by atoms with Gasteiger partial charge in [-0.1, -0.05) is 30.3 Å². The monoisotopic (exact) mass is 500 g/mol. The summed E-state index contributed by atoms with van der Waals surface area (Å²) in [6.45, 7) is 0.419. The summed E-state index contributed by atoms with van der Waals surface area (Å²) in [5.74, 6) is -0.713. The highest BCUT2D eigenvalue weighted by Gasteiger charge is 2.46. The van der Waals surface area contributed by atoms with Crippen LogP contribution in [0, 0.1) is 0 Å². The first-order valence-electron chi connectivity index (χ1n) is 12.3. The Morgan fingerprint density at radius 3 is 2.54 bits per heavy atom. The van der Waals surface area contributed by atoms with E-state index in [1.165, 1.54) is 0 Å². The molecule has 3 aromatic rings. The minimum atomic E-state index is -0.821. The van der Waals surface area contributed by atoms with Crippen molar-refractivity contribution in [1.29, 1.82) is 0 Å². The molecule has 0 bridgehead atoms. The Balaban J connectivity index is 1.57. The molecule has 0 saturated carbocycles. The molecular weight excluding hydrogens is 472 g/mol. The van der Waals surface area contributed by atoms with Gasteiger partial charge in [0.2, 0.25) is 11.8 Å². The number of benzene rings is 3. The molecule has 3 aromatic carbocycles. The number of carbonyl (C=O) groups excluding carboxylic acids is 3. The van der Waals surface area contributed by atoms with Crippen LogP contribution in [0.15, 0.2) is 72.8 Å². The Labute approximate surface area is 214 Å². The lowest BCUT2D eigenvalue weighted by Crippen LogP contribution is -2.53. The minimum Gasteiger partial charge on any atom is -0.508 e. The van der Waals surface area contributed by atoms with Gasteiger partial charge in [-0.15, -0.1) is 0 Å². The third kappa shape index (κ3) is 5.20. The fourth-order valence-corrected chi connectivity index (χ4v) is 5.18. The number of para-hydroxylation sites is 1. The molecule has 0 aliphatic carbocycles. The number of ketones is 1. The Hall–Kier alpha value is -4.17. The number of hydrogen-bond acceptors (Lipinski definition) is 6. The van der Waals surface area contributed by atoms with Gasteiger partial charge in [0.15, 0.2) is 5.78 Å². The SMILES string of the molecule is NC(=O)c1ccc(Oc2ccccc2)cc1C(Cc1ccc(O)cc1)C(=O)N1CCCC2OCC(=O)C21. The van der Waals surface area contributed by atoms with E-state index in [0.29, 0.717) is 30.0 Å². The van der Waals surface area contributed by atoms with Crippen molar-refractivity contribution >= 4 is 17.6 Å². The van der Waals surface area contributed by atoms with E-state index < -0.39 is 17.9 Å². The van der Waals surface area contributed by atoms with Crippen LogP contribution in [0.4, 0.5) is 0 Å². The van der Waals surface area contributed by atoms with Gasteiger partial charge in [-0.3, -0.25) is 14.4 Å². The molecule has 8 heteroatoms. The van der Waals surface area contributed by atoms with Gasteiger partial charge in [0.05, 0.1) is 12.0 Å². The molecule has 2 saturated heterocycles. The lowest BCUT2D eigenvalue weighted by Gasteiger charge is -2.38. The average molecular weight is 501 g/mol. The van der Waals surface area contributed by atoms with Crippen molar-refractivity contribution in [1.82, 2.24) is 4.90 Å². The summed E-state index contributed by atoms with van der Waals surface area (Å²) in [5.41, 5.74) is 7.16. The number of Topliss-reactive ketones (excluding diaryl/α,β-unsaturated/α-hetero) is 1. The van der Waals surface area contributed by atoms with Crippen LogP contribution in [0.2, 0.25) is 0 Å². The number of phenols is 1. The van der Waals surface area contributed by atoms with Crippen LogP contribution >= 0.6 is 0 Å². The Kier molecular flexibility index (Phi) is 6.92.